The van der Waals surface area contributed by atoms with E-state index in [1.54, 1.807) is 0 Å². The van der Waals surface area contributed by atoms with E-state index in [1.807, 2.05) is 0 Å². The maximum atomic E-state index is 3.36. The predicted molar refractivity (Wildman–Crippen MR) is 49.5 cm³/mol. The fraction of sp³-hybridized carbons (Fsp3) is 0.600. The summed E-state index contributed by atoms with van der Waals surface area (Å²) in [7, 11) is 0. The van der Waals surface area contributed by atoms with Gasteiger partial charge in [0.25, 0.3) is 0 Å². The Kier molecular flexibility index (Phi) is 7.23. The van der Waals surface area contributed by atoms with Crippen molar-refractivity contribution in [3.63, 3.8) is 0 Å². The van der Waals surface area contributed by atoms with E-state index >= 15 is 0 Å². The van der Waals surface area contributed by atoms with Crippen molar-refractivity contribution >= 4 is 47.8 Å². The lowest BCUT2D eigenvalue weighted by Crippen LogP contribution is -1.84. The summed E-state index contributed by atoms with van der Waals surface area (Å²) in [5, 5.41) is 2.87. The summed E-state index contributed by atoms with van der Waals surface area (Å²) in [4.78, 5) is 0. The molecule has 0 aromatic heterocycles. The highest BCUT2D eigenvalue weighted by Crippen LogP contribution is 2.03. The molecule has 0 aliphatic rings. The zero-order valence-electron chi connectivity index (χ0n) is 4.33. The van der Waals surface area contributed by atoms with E-state index in [9.17, 15) is 0 Å². The molecule has 0 bridgehead atoms. The molecule has 0 heterocycles. The first-order chi connectivity index (χ1) is 3.85. The second kappa shape index (κ2) is 6.30. The van der Waals surface area contributed by atoms with Crippen LogP contribution in [0, 0.1) is 0 Å². The van der Waals surface area contributed by atoms with Crippen LogP contribution in [0.15, 0.2) is 11.6 Å². The van der Waals surface area contributed by atoms with Gasteiger partial charge in [0.15, 0.2) is 0 Å². The lowest BCUT2D eigenvalue weighted by molar-refractivity contribution is 1.43. The third kappa shape index (κ3) is 4.10. The number of rotatable bonds is 3. The van der Waals surface area contributed by atoms with Gasteiger partial charge in [0, 0.05) is 16.0 Å². The predicted octanol–water partition coefficient (Wildman–Crippen LogP) is 3.10. The minimum atomic E-state index is 0.944. The van der Waals surface area contributed by atoms with E-state index in [4.69, 9.17) is 0 Å². The molecule has 0 aliphatic heterocycles. The largest absolute Gasteiger partial charge is 0.0883 e. The molecule has 0 unspecified atom stereocenters. The van der Waals surface area contributed by atoms with Gasteiger partial charge in [-0.2, -0.15) is 0 Å². The van der Waals surface area contributed by atoms with E-state index in [-0.39, 0.29) is 0 Å². The van der Waals surface area contributed by atoms with Crippen molar-refractivity contribution in [2.24, 2.45) is 0 Å². The van der Waals surface area contributed by atoms with Crippen molar-refractivity contribution in [3.05, 3.63) is 11.6 Å². The average Bonchev–Trinajstić information content (AvgIpc) is 1.83. The smallest absolute Gasteiger partial charge is 0.0250 e. The molecular formula is C5H7Br3. The molecule has 0 N–H and O–H groups in total. The van der Waals surface area contributed by atoms with Crippen LogP contribution in [-0.4, -0.2) is 16.0 Å². The van der Waals surface area contributed by atoms with Crippen LogP contribution in [0.2, 0.25) is 0 Å². The Labute approximate surface area is 75.1 Å². The summed E-state index contributed by atoms with van der Waals surface area (Å²) < 4.78 is 0. The highest BCUT2D eigenvalue weighted by Gasteiger charge is 1.87. The van der Waals surface area contributed by atoms with Crippen LogP contribution < -0.4 is 0 Å². The van der Waals surface area contributed by atoms with Crippen LogP contribution in [0.3, 0.4) is 0 Å². The normalized spacial score (nSPS) is 8.88. The van der Waals surface area contributed by atoms with Crippen molar-refractivity contribution in [2.75, 3.05) is 16.0 Å². The standard InChI is InChI=1S/C5H7Br3/c6-2-1-5(3-7)4-8/h1H,2-4H2. The van der Waals surface area contributed by atoms with Crippen LogP contribution in [0.5, 0.6) is 0 Å². The van der Waals surface area contributed by atoms with Gasteiger partial charge in [-0.15, -0.1) is 0 Å². The molecule has 0 atom stereocenters. The summed E-state index contributed by atoms with van der Waals surface area (Å²) in [5.41, 5.74) is 1.38. The molecule has 0 saturated heterocycles. The Bertz CT molecular complexity index is 71.7. The van der Waals surface area contributed by atoms with Gasteiger partial charge in [0.1, 0.15) is 0 Å². The molecular weight excluding hydrogens is 300 g/mol. The van der Waals surface area contributed by atoms with Crippen molar-refractivity contribution in [1.82, 2.24) is 0 Å². The third-order valence-corrected chi connectivity index (χ3v) is 2.47. The first kappa shape index (κ1) is 9.18. The van der Waals surface area contributed by atoms with Gasteiger partial charge in [0.2, 0.25) is 0 Å². The van der Waals surface area contributed by atoms with E-state index in [0.717, 1.165) is 16.0 Å². The molecule has 0 aromatic carbocycles. The Morgan fingerprint density at radius 1 is 1.12 bits per heavy atom. The quantitative estimate of drug-likeness (QED) is 0.555. The monoisotopic (exact) mass is 304 g/mol. The molecule has 48 valence electrons. The van der Waals surface area contributed by atoms with E-state index < -0.39 is 0 Å². The lowest BCUT2D eigenvalue weighted by atomic mass is 10.3. The van der Waals surface area contributed by atoms with Gasteiger partial charge in [0.05, 0.1) is 0 Å². The second-order valence-corrected chi connectivity index (χ2v) is 3.05. The molecule has 0 spiro atoms. The molecule has 3 heteroatoms. The van der Waals surface area contributed by atoms with E-state index in [0.29, 0.717) is 0 Å². The summed E-state index contributed by atoms with van der Waals surface area (Å²) in [6.45, 7) is 0. The SMILES string of the molecule is BrCC=C(CBr)CBr. The molecule has 0 saturated carbocycles. The van der Waals surface area contributed by atoms with E-state index in [2.05, 4.69) is 53.9 Å². The van der Waals surface area contributed by atoms with Crippen LogP contribution in [0.25, 0.3) is 0 Å². The lowest BCUT2D eigenvalue weighted by Gasteiger charge is -1.92. The van der Waals surface area contributed by atoms with Crippen LogP contribution >= 0.6 is 47.8 Å². The molecule has 0 aliphatic carbocycles. The van der Waals surface area contributed by atoms with Crippen LogP contribution in [0.4, 0.5) is 0 Å². The van der Waals surface area contributed by atoms with Crippen molar-refractivity contribution in [3.8, 4) is 0 Å². The topological polar surface area (TPSA) is 0 Å². The first-order valence-electron chi connectivity index (χ1n) is 2.21. The number of hydrogen-bond donors (Lipinski definition) is 0. The molecule has 0 rings (SSSR count). The molecule has 0 aromatic rings. The zero-order valence-corrected chi connectivity index (χ0v) is 9.09. The number of alkyl halides is 3. The van der Waals surface area contributed by atoms with Crippen molar-refractivity contribution in [1.29, 1.82) is 0 Å². The van der Waals surface area contributed by atoms with Crippen molar-refractivity contribution < 1.29 is 0 Å². The summed E-state index contributed by atoms with van der Waals surface area (Å²) in [6.07, 6.45) is 2.14. The van der Waals surface area contributed by atoms with Gasteiger partial charge in [-0.05, 0) is 0 Å². The highest BCUT2D eigenvalue weighted by molar-refractivity contribution is 9.10. The minimum Gasteiger partial charge on any atom is -0.0883 e. The Balaban J connectivity index is 3.49. The Morgan fingerprint density at radius 3 is 1.75 bits per heavy atom. The van der Waals surface area contributed by atoms with Gasteiger partial charge in [-0.1, -0.05) is 59.4 Å². The maximum Gasteiger partial charge on any atom is 0.0250 e. The Hall–Kier alpha value is 1.18. The molecule has 8 heavy (non-hydrogen) atoms. The maximum absolute atomic E-state index is 3.36. The van der Waals surface area contributed by atoms with Crippen LogP contribution in [-0.2, 0) is 0 Å². The summed E-state index contributed by atoms with van der Waals surface area (Å²) >= 11 is 10.0. The van der Waals surface area contributed by atoms with Crippen molar-refractivity contribution in [2.45, 2.75) is 0 Å². The Morgan fingerprint density at radius 2 is 1.62 bits per heavy atom. The van der Waals surface area contributed by atoms with Crippen LogP contribution in [0.1, 0.15) is 0 Å². The fourth-order valence-corrected chi connectivity index (χ4v) is 2.10. The summed E-state index contributed by atoms with van der Waals surface area (Å²) in [5.74, 6) is 0. The fourth-order valence-electron chi connectivity index (χ4n) is 0.254. The zero-order chi connectivity index (χ0) is 6.41. The van der Waals surface area contributed by atoms with Gasteiger partial charge < -0.3 is 0 Å². The average molecular weight is 307 g/mol. The number of allylic oxidation sites excluding steroid dienone is 2. The molecule has 0 radical (unpaired) electrons. The molecule has 0 amide bonds. The third-order valence-electron chi connectivity index (χ3n) is 0.709. The number of hydrogen-bond acceptors (Lipinski definition) is 0. The van der Waals surface area contributed by atoms with Gasteiger partial charge in [-0.25, -0.2) is 0 Å². The highest BCUT2D eigenvalue weighted by atomic mass is 79.9. The van der Waals surface area contributed by atoms with Gasteiger partial charge >= 0.3 is 0 Å². The first-order valence-corrected chi connectivity index (χ1v) is 5.57. The summed E-state index contributed by atoms with van der Waals surface area (Å²) in [6, 6.07) is 0. The molecule has 0 fully saturated rings. The molecule has 0 nitrogen and oxygen atoms in total. The minimum absolute atomic E-state index is 0.944. The van der Waals surface area contributed by atoms with E-state index in [1.165, 1.54) is 5.57 Å². The number of halogens is 3. The van der Waals surface area contributed by atoms with Gasteiger partial charge in [-0.3, -0.25) is 0 Å². The second-order valence-electron chi connectivity index (χ2n) is 1.28.